The highest BCUT2D eigenvalue weighted by molar-refractivity contribution is 5.24. The van der Waals surface area contributed by atoms with E-state index in [4.69, 9.17) is 5.73 Å². The summed E-state index contributed by atoms with van der Waals surface area (Å²) in [6.07, 6.45) is 5.78. The molecule has 0 aromatic heterocycles. The quantitative estimate of drug-likeness (QED) is 0.857. The van der Waals surface area contributed by atoms with Gasteiger partial charge in [0.1, 0.15) is 0 Å². The molecule has 0 bridgehead atoms. The molecule has 0 radical (unpaired) electrons. The summed E-state index contributed by atoms with van der Waals surface area (Å²) in [5, 5.41) is 0. The Bertz CT molecular complexity index is 381. The van der Waals surface area contributed by atoms with Crippen molar-refractivity contribution < 1.29 is 0 Å². The van der Waals surface area contributed by atoms with Crippen LogP contribution in [0.1, 0.15) is 51.2 Å². The monoisotopic (exact) mass is 245 g/mol. The van der Waals surface area contributed by atoms with Crippen LogP contribution in [0.2, 0.25) is 0 Å². The molecule has 0 spiro atoms. The minimum atomic E-state index is 0.0274. The Morgan fingerprint density at radius 3 is 2.28 bits per heavy atom. The molecule has 100 valence electrons. The first kappa shape index (κ1) is 13.6. The van der Waals surface area contributed by atoms with Crippen LogP contribution in [0.4, 0.5) is 0 Å². The Kier molecular flexibility index (Phi) is 4.11. The molecule has 1 aromatic rings. The Labute approximate surface area is 112 Å². The summed E-state index contributed by atoms with van der Waals surface area (Å²) in [4.78, 5) is 0. The summed E-state index contributed by atoms with van der Waals surface area (Å²) < 4.78 is 0. The molecule has 1 fully saturated rings. The van der Waals surface area contributed by atoms with E-state index in [2.05, 4.69) is 45.0 Å². The first-order valence-corrected chi connectivity index (χ1v) is 7.39. The molecule has 1 aliphatic rings. The first-order chi connectivity index (χ1) is 8.52. The predicted octanol–water partition coefficient (Wildman–Crippen LogP) is 3.95. The predicted molar refractivity (Wildman–Crippen MR) is 78.6 cm³/mol. The van der Waals surface area contributed by atoms with Crippen molar-refractivity contribution in [1.29, 1.82) is 0 Å². The lowest BCUT2D eigenvalue weighted by Crippen LogP contribution is -2.47. The molecule has 3 unspecified atom stereocenters. The van der Waals surface area contributed by atoms with E-state index in [-0.39, 0.29) is 5.54 Å². The normalized spacial score (nSPS) is 32.4. The van der Waals surface area contributed by atoms with Crippen molar-refractivity contribution >= 4 is 0 Å². The van der Waals surface area contributed by atoms with Crippen LogP contribution in [-0.2, 0) is 12.8 Å². The summed E-state index contributed by atoms with van der Waals surface area (Å²) in [6, 6.07) is 9.01. The number of nitrogens with two attached hydrogens (primary N) is 1. The van der Waals surface area contributed by atoms with Crippen LogP contribution in [0, 0.1) is 11.8 Å². The van der Waals surface area contributed by atoms with Crippen molar-refractivity contribution in [2.45, 2.75) is 58.4 Å². The lowest BCUT2D eigenvalue weighted by atomic mass is 9.69. The van der Waals surface area contributed by atoms with Gasteiger partial charge in [0.05, 0.1) is 0 Å². The van der Waals surface area contributed by atoms with Gasteiger partial charge in [-0.3, -0.25) is 0 Å². The maximum absolute atomic E-state index is 6.61. The van der Waals surface area contributed by atoms with Gasteiger partial charge in [0.2, 0.25) is 0 Å². The Morgan fingerprint density at radius 2 is 1.72 bits per heavy atom. The summed E-state index contributed by atoms with van der Waals surface area (Å²) in [5.41, 5.74) is 9.45. The summed E-state index contributed by atoms with van der Waals surface area (Å²) in [7, 11) is 0. The zero-order valence-electron chi connectivity index (χ0n) is 12.1. The van der Waals surface area contributed by atoms with E-state index in [1.165, 1.54) is 30.4 Å². The van der Waals surface area contributed by atoms with E-state index in [1.54, 1.807) is 0 Å². The van der Waals surface area contributed by atoms with Crippen LogP contribution in [0.25, 0.3) is 0 Å². The van der Waals surface area contributed by atoms with Gasteiger partial charge in [-0.2, -0.15) is 0 Å². The Morgan fingerprint density at radius 1 is 1.11 bits per heavy atom. The van der Waals surface area contributed by atoms with E-state index >= 15 is 0 Å². The van der Waals surface area contributed by atoms with E-state index in [0.717, 1.165) is 24.7 Å². The molecule has 0 saturated heterocycles. The summed E-state index contributed by atoms with van der Waals surface area (Å²) in [6.45, 7) is 6.91. The van der Waals surface area contributed by atoms with Gasteiger partial charge in [-0.1, -0.05) is 45.0 Å². The average Bonchev–Trinajstić information content (AvgIpc) is 2.35. The third kappa shape index (κ3) is 3.14. The highest BCUT2D eigenvalue weighted by atomic mass is 14.7. The van der Waals surface area contributed by atoms with Gasteiger partial charge < -0.3 is 5.73 Å². The number of aryl methyl sites for hydroxylation is 1. The molecular formula is C17H27N. The summed E-state index contributed by atoms with van der Waals surface area (Å²) >= 11 is 0. The van der Waals surface area contributed by atoms with Gasteiger partial charge in [-0.25, -0.2) is 0 Å². The van der Waals surface area contributed by atoms with Crippen molar-refractivity contribution in [2.24, 2.45) is 17.6 Å². The lowest BCUT2D eigenvalue weighted by Gasteiger charge is -2.40. The molecule has 0 aliphatic heterocycles. The molecule has 1 nitrogen and oxygen atoms in total. The minimum absolute atomic E-state index is 0.0274. The smallest absolute Gasteiger partial charge is 0.0197 e. The summed E-state index contributed by atoms with van der Waals surface area (Å²) in [5.74, 6) is 1.60. The van der Waals surface area contributed by atoms with Crippen molar-refractivity contribution in [2.75, 3.05) is 0 Å². The molecule has 1 aliphatic carbocycles. The molecule has 1 saturated carbocycles. The van der Waals surface area contributed by atoms with Gasteiger partial charge in [0.25, 0.3) is 0 Å². The fourth-order valence-corrected chi connectivity index (χ4v) is 3.20. The average molecular weight is 245 g/mol. The third-order valence-corrected chi connectivity index (χ3v) is 4.78. The van der Waals surface area contributed by atoms with Crippen molar-refractivity contribution in [3.8, 4) is 0 Å². The molecule has 0 amide bonds. The molecule has 2 rings (SSSR count). The SMILES string of the molecule is CCc1ccc(CC2(N)CCC(C)C(C)C2)cc1. The molecule has 1 heteroatoms. The van der Waals surface area contributed by atoms with Gasteiger partial charge in [0, 0.05) is 5.54 Å². The second kappa shape index (κ2) is 5.44. The molecule has 0 heterocycles. The van der Waals surface area contributed by atoms with Crippen molar-refractivity contribution in [3.05, 3.63) is 35.4 Å². The zero-order chi connectivity index (χ0) is 13.2. The molecule has 2 N–H and O–H groups in total. The fourth-order valence-electron chi connectivity index (χ4n) is 3.20. The second-order valence-electron chi connectivity index (χ2n) is 6.41. The minimum Gasteiger partial charge on any atom is -0.325 e. The maximum atomic E-state index is 6.61. The lowest BCUT2D eigenvalue weighted by molar-refractivity contribution is 0.176. The van der Waals surface area contributed by atoms with Crippen LogP contribution >= 0.6 is 0 Å². The van der Waals surface area contributed by atoms with E-state index in [1.807, 2.05) is 0 Å². The van der Waals surface area contributed by atoms with E-state index < -0.39 is 0 Å². The highest BCUT2D eigenvalue weighted by Crippen LogP contribution is 2.36. The first-order valence-electron chi connectivity index (χ1n) is 7.39. The van der Waals surface area contributed by atoms with Crippen LogP contribution in [0.5, 0.6) is 0 Å². The van der Waals surface area contributed by atoms with E-state index in [0.29, 0.717) is 0 Å². The van der Waals surface area contributed by atoms with Crippen LogP contribution in [0.3, 0.4) is 0 Å². The Balaban J connectivity index is 2.03. The van der Waals surface area contributed by atoms with Crippen molar-refractivity contribution in [3.63, 3.8) is 0 Å². The van der Waals surface area contributed by atoms with Crippen LogP contribution < -0.4 is 5.73 Å². The van der Waals surface area contributed by atoms with E-state index in [9.17, 15) is 0 Å². The van der Waals surface area contributed by atoms with Gasteiger partial charge >= 0.3 is 0 Å². The molecular weight excluding hydrogens is 218 g/mol. The van der Waals surface area contributed by atoms with Crippen LogP contribution in [0.15, 0.2) is 24.3 Å². The Hall–Kier alpha value is -0.820. The number of rotatable bonds is 3. The van der Waals surface area contributed by atoms with Gasteiger partial charge in [0.15, 0.2) is 0 Å². The molecule has 18 heavy (non-hydrogen) atoms. The van der Waals surface area contributed by atoms with Gasteiger partial charge in [-0.15, -0.1) is 0 Å². The maximum Gasteiger partial charge on any atom is 0.0197 e. The zero-order valence-corrected chi connectivity index (χ0v) is 12.1. The number of hydrogen-bond acceptors (Lipinski definition) is 1. The fraction of sp³-hybridized carbons (Fsp3) is 0.647. The highest BCUT2D eigenvalue weighted by Gasteiger charge is 2.34. The van der Waals surface area contributed by atoms with Gasteiger partial charge in [-0.05, 0) is 55.1 Å². The second-order valence-corrected chi connectivity index (χ2v) is 6.41. The largest absolute Gasteiger partial charge is 0.325 e. The van der Waals surface area contributed by atoms with Crippen molar-refractivity contribution in [1.82, 2.24) is 0 Å². The molecule has 1 aromatic carbocycles. The number of benzene rings is 1. The standard InChI is InChI=1S/C17H27N/c1-4-15-5-7-16(8-6-15)12-17(18)10-9-13(2)14(3)11-17/h5-8,13-14H,4,9-12,18H2,1-3H3. The van der Waals surface area contributed by atoms with Crippen LogP contribution in [-0.4, -0.2) is 5.54 Å². The topological polar surface area (TPSA) is 26.0 Å². The third-order valence-electron chi connectivity index (χ3n) is 4.78. The molecule has 3 atom stereocenters. The number of hydrogen-bond donors (Lipinski definition) is 1.